The van der Waals surface area contributed by atoms with Gasteiger partial charge in [0.1, 0.15) is 15.7 Å². The third-order valence-electron chi connectivity index (χ3n) is 2.22. The first-order valence-corrected chi connectivity index (χ1v) is 4.99. The summed E-state index contributed by atoms with van der Waals surface area (Å²) in [4.78, 5) is 7.65. The lowest BCUT2D eigenvalue weighted by atomic mass is 10.4. The SMILES string of the molecule is CN1C(=S)CNC(=S)c2c1ncn2C. The van der Waals surface area contributed by atoms with E-state index in [1.807, 2.05) is 23.6 Å². The quantitative estimate of drug-likeness (QED) is 0.650. The average molecular weight is 226 g/mol. The number of hydrogen-bond acceptors (Lipinski definition) is 3. The highest BCUT2D eigenvalue weighted by Crippen LogP contribution is 2.19. The molecule has 1 N–H and O–H groups in total. The summed E-state index contributed by atoms with van der Waals surface area (Å²) in [6.07, 6.45) is 1.74. The van der Waals surface area contributed by atoms with Gasteiger partial charge in [0.05, 0.1) is 12.9 Å². The molecule has 74 valence electrons. The van der Waals surface area contributed by atoms with Crippen LogP contribution in [0.25, 0.3) is 0 Å². The van der Waals surface area contributed by atoms with Crippen LogP contribution in [0.4, 0.5) is 5.82 Å². The van der Waals surface area contributed by atoms with Crippen LogP contribution >= 0.6 is 24.4 Å². The second-order valence-corrected chi connectivity index (χ2v) is 4.04. The van der Waals surface area contributed by atoms with Gasteiger partial charge in [0.2, 0.25) is 0 Å². The van der Waals surface area contributed by atoms with Crippen LogP contribution < -0.4 is 10.2 Å². The van der Waals surface area contributed by atoms with Gasteiger partial charge < -0.3 is 14.8 Å². The largest absolute Gasteiger partial charge is 0.368 e. The van der Waals surface area contributed by atoms with Gasteiger partial charge in [-0.2, -0.15) is 0 Å². The Bertz CT molecular complexity index is 409. The molecular formula is C8H10N4S2. The highest BCUT2D eigenvalue weighted by molar-refractivity contribution is 7.81. The Hall–Kier alpha value is -1.01. The lowest BCUT2D eigenvalue weighted by Gasteiger charge is -2.14. The van der Waals surface area contributed by atoms with Crippen molar-refractivity contribution in [3.8, 4) is 0 Å². The predicted molar refractivity (Wildman–Crippen MR) is 63.9 cm³/mol. The van der Waals surface area contributed by atoms with E-state index in [1.54, 1.807) is 6.33 Å². The maximum Gasteiger partial charge on any atom is 0.162 e. The number of nitrogens with one attached hydrogen (secondary N) is 1. The molecule has 1 aliphatic heterocycles. The van der Waals surface area contributed by atoms with Crippen LogP contribution in [0.5, 0.6) is 0 Å². The molecule has 0 aromatic carbocycles. The number of likely N-dealkylation sites (N-methyl/N-ethyl adjacent to an activating group) is 1. The van der Waals surface area contributed by atoms with Gasteiger partial charge in [0.15, 0.2) is 5.82 Å². The lowest BCUT2D eigenvalue weighted by molar-refractivity contribution is 0.896. The number of aromatic nitrogens is 2. The second kappa shape index (κ2) is 3.29. The van der Waals surface area contributed by atoms with Crippen molar-refractivity contribution in [1.29, 1.82) is 0 Å². The van der Waals surface area contributed by atoms with Gasteiger partial charge in [-0.05, 0) is 0 Å². The molecule has 0 aliphatic carbocycles. The Kier molecular flexibility index (Phi) is 2.24. The monoisotopic (exact) mass is 226 g/mol. The van der Waals surface area contributed by atoms with Crippen molar-refractivity contribution in [3.05, 3.63) is 12.0 Å². The molecule has 1 aliphatic rings. The minimum absolute atomic E-state index is 0.598. The molecule has 0 spiro atoms. The molecule has 0 unspecified atom stereocenters. The number of imidazole rings is 1. The topological polar surface area (TPSA) is 33.1 Å². The molecule has 1 aromatic rings. The van der Waals surface area contributed by atoms with E-state index in [1.165, 1.54) is 0 Å². The molecule has 0 saturated carbocycles. The highest BCUT2D eigenvalue weighted by atomic mass is 32.1. The lowest BCUT2D eigenvalue weighted by Crippen LogP contribution is -2.32. The minimum Gasteiger partial charge on any atom is -0.368 e. The number of anilines is 1. The van der Waals surface area contributed by atoms with Crippen LogP contribution in [0.3, 0.4) is 0 Å². The Morgan fingerprint density at radius 1 is 1.43 bits per heavy atom. The molecule has 2 heterocycles. The van der Waals surface area contributed by atoms with E-state index in [2.05, 4.69) is 10.3 Å². The Morgan fingerprint density at radius 2 is 2.14 bits per heavy atom. The molecule has 0 atom stereocenters. The van der Waals surface area contributed by atoms with Crippen LogP contribution in [0, 0.1) is 0 Å². The highest BCUT2D eigenvalue weighted by Gasteiger charge is 2.22. The second-order valence-electron chi connectivity index (χ2n) is 3.16. The van der Waals surface area contributed by atoms with E-state index in [0.29, 0.717) is 11.5 Å². The van der Waals surface area contributed by atoms with Crippen LogP contribution in [0.2, 0.25) is 0 Å². The smallest absolute Gasteiger partial charge is 0.162 e. The fourth-order valence-corrected chi connectivity index (χ4v) is 1.87. The first-order valence-electron chi connectivity index (χ1n) is 4.17. The molecule has 6 heteroatoms. The number of thiocarbonyl (C=S) groups is 2. The zero-order valence-electron chi connectivity index (χ0n) is 7.94. The van der Waals surface area contributed by atoms with Gasteiger partial charge in [-0.15, -0.1) is 0 Å². The third-order valence-corrected chi connectivity index (χ3v) is 2.98. The third kappa shape index (κ3) is 1.31. The fraction of sp³-hybridized carbons (Fsp3) is 0.375. The molecule has 0 fully saturated rings. The molecule has 14 heavy (non-hydrogen) atoms. The molecule has 0 bridgehead atoms. The van der Waals surface area contributed by atoms with Crippen LogP contribution in [0.15, 0.2) is 6.33 Å². The van der Waals surface area contributed by atoms with Gasteiger partial charge in [0, 0.05) is 14.1 Å². The van der Waals surface area contributed by atoms with Crippen molar-refractivity contribution in [2.24, 2.45) is 7.05 Å². The summed E-state index contributed by atoms with van der Waals surface area (Å²) in [5.74, 6) is 0.826. The Morgan fingerprint density at radius 3 is 2.86 bits per heavy atom. The summed E-state index contributed by atoms with van der Waals surface area (Å²) in [5.41, 5.74) is 0.919. The number of fused-ring (bicyclic) bond motifs is 1. The van der Waals surface area contributed by atoms with E-state index >= 15 is 0 Å². The number of rotatable bonds is 0. The molecular weight excluding hydrogens is 216 g/mol. The fourth-order valence-electron chi connectivity index (χ4n) is 1.40. The zero-order chi connectivity index (χ0) is 10.3. The summed E-state index contributed by atoms with van der Waals surface area (Å²) in [6, 6.07) is 0. The minimum atomic E-state index is 0.598. The van der Waals surface area contributed by atoms with Gasteiger partial charge in [-0.1, -0.05) is 24.4 Å². The van der Waals surface area contributed by atoms with E-state index < -0.39 is 0 Å². The van der Waals surface area contributed by atoms with E-state index in [-0.39, 0.29) is 0 Å². The molecule has 0 radical (unpaired) electrons. The molecule has 0 saturated heterocycles. The van der Waals surface area contributed by atoms with E-state index in [9.17, 15) is 0 Å². The standard InChI is InChI=1S/C8H10N4S2/c1-11-4-10-7-6(11)8(14)9-3-5(13)12(7)2/h4H,3H2,1-2H3,(H,9,14). The molecule has 2 rings (SSSR count). The predicted octanol–water partition coefficient (Wildman–Crippen LogP) is 0.462. The number of nitrogens with zero attached hydrogens (tertiary/aromatic N) is 3. The first-order chi connectivity index (χ1) is 6.61. The van der Waals surface area contributed by atoms with Crippen LogP contribution in [-0.2, 0) is 7.05 Å². The van der Waals surface area contributed by atoms with Crippen molar-refractivity contribution in [2.75, 3.05) is 18.5 Å². The maximum atomic E-state index is 5.24. The summed E-state index contributed by atoms with van der Waals surface area (Å²) in [7, 11) is 3.83. The van der Waals surface area contributed by atoms with Crippen molar-refractivity contribution in [3.63, 3.8) is 0 Å². The van der Waals surface area contributed by atoms with Crippen LogP contribution in [-0.4, -0.2) is 33.1 Å². The van der Waals surface area contributed by atoms with E-state index in [4.69, 9.17) is 24.4 Å². The van der Waals surface area contributed by atoms with E-state index in [0.717, 1.165) is 16.5 Å². The Labute approximate surface area is 92.9 Å². The first kappa shape index (κ1) is 9.54. The van der Waals surface area contributed by atoms with Crippen molar-refractivity contribution < 1.29 is 0 Å². The van der Waals surface area contributed by atoms with Gasteiger partial charge >= 0.3 is 0 Å². The van der Waals surface area contributed by atoms with Crippen LogP contribution in [0.1, 0.15) is 5.69 Å². The van der Waals surface area contributed by atoms with Crippen molar-refractivity contribution >= 4 is 40.2 Å². The summed E-state index contributed by atoms with van der Waals surface area (Å²) in [6.45, 7) is 0.598. The summed E-state index contributed by atoms with van der Waals surface area (Å²) in [5, 5.41) is 3.10. The maximum absolute atomic E-state index is 5.24. The summed E-state index contributed by atoms with van der Waals surface area (Å²) >= 11 is 10.4. The summed E-state index contributed by atoms with van der Waals surface area (Å²) < 4.78 is 1.90. The average Bonchev–Trinajstić information content (AvgIpc) is 2.50. The van der Waals surface area contributed by atoms with Gasteiger partial charge in [-0.25, -0.2) is 4.98 Å². The normalized spacial score (nSPS) is 16.3. The molecule has 4 nitrogen and oxygen atoms in total. The number of aryl methyl sites for hydroxylation is 1. The zero-order valence-corrected chi connectivity index (χ0v) is 9.58. The van der Waals surface area contributed by atoms with Gasteiger partial charge in [0.25, 0.3) is 0 Å². The van der Waals surface area contributed by atoms with Crippen molar-refractivity contribution in [1.82, 2.24) is 14.9 Å². The molecule has 0 amide bonds. The number of hydrogen-bond donors (Lipinski definition) is 1. The Balaban J connectivity index is 2.58. The van der Waals surface area contributed by atoms with Crippen molar-refractivity contribution in [2.45, 2.75) is 0 Å². The molecule has 1 aromatic heterocycles. The van der Waals surface area contributed by atoms with Gasteiger partial charge in [-0.3, -0.25) is 0 Å².